The summed E-state index contributed by atoms with van der Waals surface area (Å²) in [5.41, 5.74) is 1.53. The van der Waals surface area contributed by atoms with Gasteiger partial charge in [0.15, 0.2) is 5.78 Å². The number of benzene rings is 2. The Kier molecular flexibility index (Phi) is 5.70. The second-order valence-electron chi connectivity index (χ2n) is 7.52. The summed E-state index contributed by atoms with van der Waals surface area (Å²) in [6.07, 6.45) is 2.66. The molecule has 0 saturated heterocycles. The van der Waals surface area contributed by atoms with Crippen molar-refractivity contribution in [1.29, 1.82) is 0 Å². The number of rotatable bonds is 4. The van der Waals surface area contributed by atoms with Gasteiger partial charge >= 0.3 is 6.09 Å². The molecule has 0 spiro atoms. The summed E-state index contributed by atoms with van der Waals surface area (Å²) in [5.74, 6) is -0.131. The standard InChI is InChI=1S/C21H26N2O3/c1-14-7-8-15-12-16(19(24)9-10-23(5)6)13-18(17(15)11-14)22-20(25)26-21(2,3)4/h7-13H,1-6H3,(H,22,25)/b10-9+. The molecule has 0 aliphatic rings. The topological polar surface area (TPSA) is 58.6 Å². The Balaban J connectivity index is 2.46. The molecule has 0 aliphatic carbocycles. The number of carbonyl (C=O) groups excluding carboxylic acids is 2. The van der Waals surface area contributed by atoms with Crippen LogP contribution in [0.4, 0.5) is 10.5 Å². The van der Waals surface area contributed by atoms with Crippen LogP contribution in [0.25, 0.3) is 10.8 Å². The minimum Gasteiger partial charge on any atom is -0.444 e. The fourth-order valence-electron chi connectivity index (χ4n) is 2.44. The Bertz CT molecular complexity index is 861. The smallest absolute Gasteiger partial charge is 0.412 e. The third kappa shape index (κ3) is 5.34. The zero-order valence-corrected chi connectivity index (χ0v) is 16.2. The van der Waals surface area contributed by atoms with E-state index in [0.717, 1.165) is 16.3 Å². The summed E-state index contributed by atoms with van der Waals surface area (Å²) in [7, 11) is 3.70. The number of allylic oxidation sites excluding steroid dienone is 1. The average Bonchev–Trinajstić information content (AvgIpc) is 2.50. The number of hydrogen-bond donors (Lipinski definition) is 1. The summed E-state index contributed by atoms with van der Waals surface area (Å²) in [4.78, 5) is 26.5. The maximum Gasteiger partial charge on any atom is 0.412 e. The lowest BCUT2D eigenvalue weighted by atomic mass is 10.0. The van der Waals surface area contributed by atoms with Gasteiger partial charge in [0, 0.05) is 37.3 Å². The van der Waals surface area contributed by atoms with Crippen LogP contribution >= 0.6 is 0 Å². The van der Waals surface area contributed by atoms with Gasteiger partial charge in [-0.25, -0.2) is 4.79 Å². The summed E-state index contributed by atoms with van der Waals surface area (Å²) in [6, 6.07) is 9.41. The van der Waals surface area contributed by atoms with E-state index in [1.54, 1.807) is 37.9 Å². The number of nitrogens with zero attached hydrogens (tertiary/aromatic N) is 1. The minimum absolute atomic E-state index is 0.131. The Labute approximate surface area is 154 Å². The SMILES string of the molecule is Cc1ccc2cc(C(=O)/C=C/N(C)C)cc(NC(=O)OC(C)(C)C)c2c1. The Morgan fingerprint density at radius 1 is 1.12 bits per heavy atom. The molecule has 5 heteroatoms. The van der Waals surface area contributed by atoms with Crippen molar-refractivity contribution < 1.29 is 14.3 Å². The lowest BCUT2D eigenvalue weighted by molar-refractivity contribution is 0.0636. The zero-order chi connectivity index (χ0) is 19.5. The lowest BCUT2D eigenvalue weighted by Crippen LogP contribution is -2.27. The fraction of sp³-hybridized carbons (Fsp3) is 0.333. The molecule has 138 valence electrons. The van der Waals surface area contributed by atoms with Gasteiger partial charge in [0.25, 0.3) is 0 Å². The molecule has 0 aromatic heterocycles. The van der Waals surface area contributed by atoms with E-state index < -0.39 is 11.7 Å². The minimum atomic E-state index is -0.600. The molecule has 0 bridgehead atoms. The molecule has 1 N–H and O–H groups in total. The average molecular weight is 354 g/mol. The number of fused-ring (bicyclic) bond motifs is 1. The second-order valence-corrected chi connectivity index (χ2v) is 7.52. The lowest BCUT2D eigenvalue weighted by Gasteiger charge is -2.20. The number of aryl methyl sites for hydroxylation is 1. The number of anilines is 1. The number of carbonyl (C=O) groups is 2. The van der Waals surface area contributed by atoms with Crippen molar-refractivity contribution in [3.63, 3.8) is 0 Å². The molecule has 0 aliphatic heterocycles. The van der Waals surface area contributed by atoms with Crippen LogP contribution in [-0.2, 0) is 4.74 Å². The summed E-state index contributed by atoms with van der Waals surface area (Å²) < 4.78 is 5.34. The van der Waals surface area contributed by atoms with Gasteiger partial charge in [-0.05, 0) is 51.3 Å². The molecule has 2 aromatic rings. The highest BCUT2D eigenvalue weighted by atomic mass is 16.6. The van der Waals surface area contributed by atoms with Crippen LogP contribution in [0.2, 0.25) is 0 Å². The highest BCUT2D eigenvalue weighted by Gasteiger charge is 2.18. The number of nitrogens with one attached hydrogen (secondary N) is 1. The van der Waals surface area contributed by atoms with Gasteiger partial charge in [-0.2, -0.15) is 0 Å². The van der Waals surface area contributed by atoms with Crippen LogP contribution in [0.5, 0.6) is 0 Å². The van der Waals surface area contributed by atoms with Crippen molar-refractivity contribution in [2.75, 3.05) is 19.4 Å². The maximum atomic E-state index is 12.5. The van der Waals surface area contributed by atoms with E-state index in [2.05, 4.69) is 5.32 Å². The molecule has 0 saturated carbocycles. The molecule has 5 nitrogen and oxygen atoms in total. The first-order valence-corrected chi connectivity index (χ1v) is 8.48. The molecule has 0 radical (unpaired) electrons. The van der Waals surface area contributed by atoms with Gasteiger partial charge in [0.1, 0.15) is 5.60 Å². The van der Waals surface area contributed by atoms with Gasteiger partial charge in [0.2, 0.25) is 0 Å². The number of ketones is 1. The molecular formula is C21H26N2O3. The molecule has 26 heavy (non-hydrogen) atoms. The van der Waals surface area contributed by atoms with Crippen LogP contribution in [0.1, 0.15) is 36.7 Å². The Hall–Kier alpha value is -2.82. The molecule has 0 fully saturated rings. The van der Waals surface area contributed by atoms with E-state index in [4.69, 9.17) is 4.74 Å². The Morgan fingerprint density at radius 3 is 2.42 bits per heavy atom. The third-order valence-corrected chi connectivity index (χ3v) is 3.55. The fourth-order valence-corrected chi connectivity index (χ4v) is 2.44. The predicted molar refractivity (Wildman–Crippen MR) is 106 cm³/mol. The van der Waals surface area contributed by atoms with Crippen molar-refractivity contribution in [3.8, 4) is 0 Å². The summed E-state index contributed by atoms with van der Waals surface area (Å²) >= 11 is 0. The molecule has 2 rings (SSSR count). The number of hydrogen-bond acceptors (Lipinski definition) is 4. The molecule has 0 atom stereocenters. The van der Waals surface area contributed by atoms with E-state index in [0.29, 0.717) is 11.3 Å². The number of ether oxygens (including phenoxy) is 1. The highest BCUT2D eigenvalue weighted by Crippen LogP contribution is 2.28. The van der Waals surface area contributed by atoms with Gasteiger partial charge in [-0.1, -0.05) is 17.7 Å². The summed E-state index contributed by atoms with van der Waals surface area (Å²) in [5, 5.41) is 4.53. The molecule has 0 heterocycles. The van der Waals surface area contributed by atoms with E-state index in [-0.39, 0.29) is 5.78 Å². The zero-order valence-electron chi connectivity index (χ0n) is 16.2. The Morgan fingerprint density at radius 2 is 1.81 bits per heavy atom. The first-order chi connectivity index (χ1) is 12.0. The first-order valence-electron chi connectivity index (χ1n) is 8.48. The third-order valence-electron chi connectivity index (χ3n) is 3.55. The van der Waals surface area contributed by atoms with Crippen molar-refractivity contribution in [2.45, 2.75) is 33.3 Å². The second kappa shape index (κ2) is 7.60. The monoisotopic (exact) mass is 354 g/mol. The normalized spacial score (nSPS) is 11.6. The van der Waals surface area contributed by atoms with Crippen molar-refractivity contribution in [2.24, 2.45) is 0 Å². The predicted octanol–water partition coefficient (Wildman–Crippen LogP) is 4.75. The van der Waals surface area contributed by atoms with Crippen LogP contribution < -0.4 is 5.32 Å². The quantitative estimate of drug-likeness (QED) is 0.636. The van der Waals surface area contributed by atoms with E-state index in [1.165, 1.54) is 6.08 Å². The molecule has 1 amide bonds. The van der Waals surface area contributed by atoms with Crippen LogP contribution in [0.15, 0.2) is 42.6 Å². The maximum absolute atomic E-state index is 12.5. The van der Waals surface area contributed by atoms with Crippen LogP contribution in [-0.4, -0.2) is 36.5 Å². The number of amides is 1. The molecular weight excluding hydrogens is 328 g/mol. The largest absolute Gasteiger partial charge is 0.444 e. The molecule has 0 unspecified atom stereocenters. The van der Waals surface area contributed by atoms with Crippen molar-refractivity contribution in [3.05, 3.63) is 53.7 Å². The van der Waals surface area contributed by atoms with Crippen molar-refractivity contribution in [1.82, 2.24) is 4.90 Å². The van der Waals surface area contributed by atoms with Gasteiger partial charge in [0.05, 0.1) is 5.69 Å². The van der Waals surface area contributed by atoms with Gasteiger partial charge in [-0.3, -0.25) is 10.1 Å². The van der Waals surface area contributed by atoms with Crippen LogP contribution in [0, 0.1) is 6.92 Å². The summed E-state index contributed by atoms with van der Waals surface area (Å²) in [6.45, 7) is 7.40. The van der Waals surface area contributed by atoms with E-state index in [1.807, 2.05) is 45.3 Å². The van der Waals surface area contributed by atoms with Gasteiger partial charge in [-0.15, -0.1) is 0 Å². The van der Waals surface area contributed by atoms with E-state index >= 15 is 0 Å². The van der Waals surface area contributed by atoms with E-state index in [9.17, 15) is 9.59 Å². The molecule has 2 aromatic carbocycles. The van der Waals surface area contributed by atoms with Crippen LogP contribution in [0.3, 0.4) is 0 Å². The van der Waals surface area contributed by atoms with Crippen molar-refractivity contribution >= 4 is 28.3 Å². The highest BCUT2D eigenvalue weighted by molar-refractivity contribution is 6.10. The van der Waals surface area contributed by atoms with Gasteiger partial charge < -0.3 is 9.64 Å². The first kappa shape index (κ1) is 19.5.